The number of sulfone groups is 1. The summed E-state index contributed by atoms with van der Waals surface area (Å²) in [6.07, 6.45) is 3.48. The Hall–Kier alpha value is -3.71. The summed E-state index contributed by atoms with van der Waals surface area (Å²) in [4.78, 5) is 4.18. The van der Waals surface area contributed by atoms with E-state index in [0.29, 0.717) is 31.1 Å². The average Bonchev–Trinajstić information content (AvgIpc) is 3.63. The summed E-state index contributed by atoms with van der Waals surface area (Å²) in [5, 5.41) is 17.3. The van der Waals surface area contributed by atoms with Crippen LogP contribution in [0.1, 0.15) is 47.7 Å². The van der Waals surface area contributed by atoms with Crippen molar-refractivity contribution in [2.75, 3.05) is 11.5 Å². The SMILES string of the molecule is CC(O)c1nccn1Cc1cc(-c2ccc(C#Cc3ccc(CNC4CCS(=O)(=O)C4)cc3)cc2)on1. The molecule has 0 bridgehead atoms. The molecule has 3 heterocycles. The van der Waals surface area contributed by atoms with Crippen LogP contribution in [0.4, 0.5) is 0 Å². The molecule has 1 fully saturated rings. The number of benzene rings is 2. The number of aromatic nitrogens is 3. The fourth-order valence-corrected chi connectivity index (χ4v) is 6.01. The smallest absolute Gasteiger partial charge is 0.167 e. The summed E-state index contributed by atoms with van der Waals surface area (Å²) >= 11 is 0. The van der Waals surface area contributed by atoms with Crippen LogP contribution in [0.3, 0.4) is 0 Å². The van der Waals surface area contributed by atoms with Gasteiger partial charge in [-0.3, -0.25) is 0 Å². The highest BCUT2D eigenvalue weighted by Gasteiger charge is 2.27. The van der Waals surface area contributed by atoms with E-state index in [0.717, 1.165) is 27.9 Å². The second-order valence-corrected chi connectivity index (χ2v) is 11.5. The van der Waals surface area contributed by atoms with Crippen LogP contribution in [0.25, 0.3) is 11.3 Å². The minimum absolute atomic E-state index is 0.0376. The number of aliphatic hydroxyl groups is 1. The number of nitrogens with zero attached hydrogens (tertiary/aromatic N) is 3. The molecule has 5 rings (SSSR count). The zero-order chi connectivity index (χ0) is 25.8. The summed E-state index contributed by atoms with van der Waals surface area (Å²) in [6, 6.07) is 17.7. The number of aliphatic hydroxyl groups excluding tert-OH is 1. The Morgan fingerprint density at radius 1 is 1.14 bits per heavy atom. The van der Waals surface area contributed by atoms with Crippen LogP contribution >= 0.6 is 0 Å². The Labute approximate surface area is 216 Å². The number of imidazole rings is 1. The molecule has 0 radical (unpaired) electrons. The van der Waals surface area contributed by atoms with E-state index in [9.17, 15) is 13.5 Å². The van der Waals surface area contributed by atoms with Crippen molar-refractivity contribution >= 4 is 9.84 Å². The molecule has 2 N–H and O–H groups in total. The lowest BCUT2D eigenvalue weighted by Gasteiger charge is -2.10. The van der Waals surface area contributed by atoms with Crippen LogP contribution in [0.2, 0.25) is 0 Å². The van der Waals surface area contributed by atoms with Crippen molar-refractivity contribution < 1.29 is 18.0 Å². The van der Waals surface area contributed by atoms with Crippen LogP contribution in [0.15, 0.2) is 71.5 Å². The Morgan fingerprint density at radius 3 is 2.49 bits per heavy atom. The van der Waals surface area contributed by atoms with Crippen molar-refractivity contribution in [1.82, 2.24) is 20.0 Å². The van der Waals surface area contributed by atoms with Gasteiger partial charge in [0.15, 0.2) is 15.6 Å². The highest BCUT2D eigenvalue weighted by atomic mass is 32.2. The minimum Gasteiger partial charge on any atom is -0.385 e. The standard InChI is InChI=1S/C28H28N4O4S/c1-20(33)28-29-13-14-32(28)18-26-16-27(36-31-26)24-10-8-22(9-11-24)3-2-21-4-6-23(7-5-21)17-30-25-12-15-37(34,35)19-25/h4-11,13-14,16,20,25,30,33H,12,15,17-19H2,1H3. The van der Waals surface area contributed by atoms with Crippen LogP contribution in [-0.2, 0) is 22.9 Å². The third-order valence-corrected chi connectivity index (χ3v) is 8.08. The van der Waals surface area contributed by atoms with E-state index >= 15 is 0 Å². The summed E-state index contributed by atoms with van der Waals surface area (Å²) < 4.78 is 30.5. The Morgan fingerprint density at radius 2 is 1.84 bits per heavy atom. The molecule has 190 valence electrons. The van der Waals surface area contributed by atoms with Gasteiger partial charge in [0.2, 0.25) is 0 Å². The monoisotopic (exact) mass is 516 g/mol. The van der Waals surface area contributed by atoms with E-state index < -0.39 is 15.9 Å². The molecule has 37 heavy (non-hydrogen) atoms. The van der Waals surface area contributed by atoms with E-state index in [2.05, 4.69) is 27.3 Å². The Bertz CT molecular complexity index is 1530. The Kier molecular flexibility index (Phi) is 7.24. The molecular formula is C28H28N4O4S. The maximum atomic E-state index is 11.6. The molecule has 2 atom stereocenters. The number of hydrogen-bond donors (Lipinski definition) is 2. The van der Waals surface area contributed by atoms with Crippen molar-refractivity contribution in [3.63, 3.8) is 0 Å². The van der Waals surface area contributed by atoms with Crippen molar-refractivity contribution in [1.29, 1.82) is 0 Å². The van der Waals surface area contributed by atoms with Crippen molar-refractivity contribution in [3.8, 4) is 23.2 Å². The van der Waals surface area contributed by atoms with E-state index in [4.69, 9.17) is 4.52 Å². The van der Waals surface area contributed by atoms with Gasteiger partial charge in [-0.1, -0.05) is 29.1 Å². The number of rotatable bonds is 7. The molecule has 2 unspecified atom stereocenters. The number of hydrogen-bond acceptors (Lipinski definition) is 7. The summed E-state index contributed by atoms with van der Waals surface area (Å²) in [5.74, 6) is 8.11. The first-order chi connectivity index (χ1) is 17.8. The fraction of sp³-hybridized carbons (Fsp3) is 0.286. The molecule has 0 amide bonds. The highest BCUT2D eigenvalue weighted by molar-refractivity contribution is 7.91. The third-order valence-electron chi connectivity index (χ3n) is 6.31. The maximum Gasteiger partial charge on any atom is 0.167 e. The van der Waals surface area contributed by atoms with E-state index in [1.807, 2.05) is 59.2 Å². The second kappa shape index (κ2) is 10.7. The predicted octanol–water partition coefficient (Wildman–Crippen LogP) is 3.32. The molecule has 0 aliphatic carbocycles. The van der Waals surface area contributed by atoms with Gasteiger partial charge in [0, 0.05) is 47.7 Å². The molecule has 4 aromatic rings. The summed E-state index contributed by atoms with van der Waals surface area (Å²) in [5.41, 5.74) is 4.54. The van der Waals surface area contributed by atoms with Gasteiger partial charge < -0.3 is 19.5 Å². The van der Waals surface area contributed by atoms with Crippen LogP contribution < -0.4 is 5.32 Å². The Balaban J connectivity index is 1.17. The molecule has 1 saturated heterocycles. The normalized spacial score (nSPS) is 17.3. The van der Waals surface area contributed by atoms with Crippen LogP contribution in [0.5, 0.6) is 0 Å². The summed E-state index contributed by atoms with van der Waals surface area (Å²) in [7, 11) is -2.87. The van der Waals surface area contributed by atoms with Gasteiger partial charge in [-0.15, -0.1) is 0 Å². The lowest BCUT2D eigenvalue weighted by atomic mass is 10.1. The number of nitrogens with one attached hydrogen (secondary N) is 1. The molecule has 2 aromatic carbocycles. The molecule has 0 spiro atoms. The predicted molar refractivity (Wildman–Crippen MR) is 140 cm³/mol. The fourth-order valence-electron chi connectivity index (χ4n) is 4.31. The zero-order valence-electron chi connectivity index (χ0n) is 20.5. The molecule has 9 heteroatoms. The van der Waals surface area contributed by atoms with Gasteiger partial charge >= 0.3 is 0 Å². The van der Waals surface area contributed by atoms with Crippen LogP contribution in [-0.4, -0.2) is 45.8 Å². The molecular weight excluding hydrogens is 488 g/mol. The van der Waals surface area contributed by atoms with Crippen LogP contribution in [0, 0.1) is 11.8 Å². The van der Waals surface area contributed by atoms with Gasteiger partial charge in [0.05, 0.1) is 18.1 Å². The molecule has 1 aliphatic heterocycles. The van der Waals surface area contributed by atoms with Crippen molar-refractivity contribution in [3.05, 3.63) is 95.2 Å². The lowest BCUT2D eigenvalue weighted by molar-refractivity contribution is 0.184. The topological polar surface area (TPSA) is 110 Å². The van der Waals surface area contributed by atoms with E-state index in [1.165, 1.54) is 0 Å². The molecule has 2 aromatic heterocycles. The van der Waals surface area contributed by atoms with Gasteiger partial charge in [-0.2, -0.15) is 0 Å². The van der Waals surface area contributed by atoms with Gasteiger partial charge in [0.25, 0.3) is 0 Å². The van der Waals surface area contributed by atoms with Gasteiger partial charge in [0.1, 0.15) is 17.6 Å². The minimum atomic E-state index is -2.87. The van der Waals surface area contributed by atoms with Gasteiger partial charge in [-0.25, -0.2) is 13.4 Å². The van der Waals surface area contributed by atoms with Gasteiger partial charge in [-0.05, 0) is 55.3 Å². The van der Waals surface area contributed by atoms with E-state index in [-0.39, 0.29) is 17.5 Å². The maximum absolute atomic E-state index is 11.6. The first-order valence-electron chi connectivity index (χ1n) is 12.1. The zero-order valence-corrected chi connectivity index (χ0v) is 21.3. The first kappa shape index (κ1) is 25.0. The quantitative estimate of drug-likeness (QED) is 0.363. The second-order valence-electron chi connectivity index (χ2n) is 9.28. The largest absolute Gasteiger partial charge is 0.385 e. The van der Waals surface area contributed by atoms with Crippen molar-refractivity contribution in [2.45, 2.75) is 38.6 Å². The molecule has 8 nitrogen and oxygen atoms in total. The first-order valence-corrected chi connectivity index (χ1v) is 14.0. The third kappa shape index (κ3) is 6.35. The highest BCUT2D eigenvalue weighted by Crippen LogP contribution is 2.22. The van der Waals surface area contributed by atoms with E-state index in [1.54, 1.807) is 19.3 Å². The average molecular weight is 517 g/mol. The summed E-state index contributed by atoms with van der Waals surface area (Å²) in [6.45, 7) is 2.78. The van der Waals surface area contributed by atoms with Crippen molar-refractivity contribution in [2.24, 2.45) is 0 Å². The lowest BCUT2D eigenvalue weighted by Crippen LogP contribution is -2.29. The molecule has 1 aliphatic rings. The molecule has 0 saturated carbocycles.